The maximum absolute atomic E-state index is 9.90. The van der Waals surface area contributed by atoms with Crippen molar-refractivity contribution in [2.24, 2.45) is 0 Å². The van der Waals surface area contributed by atoms with E-state index in [2.05, 4.69) is 0 Å². The molecule has 0 atom stereocenters. The number of rotatable bonds is 2. The molecule has 0 bridgehead atoms. The van der Waals surface area contributed by atoms with Gasteiger partial charge in [-0.15, -0.1) is 0 Å². The average molecular weight is 92.2 g/mol. The lowest BCUT2D eigenvalue weighted by atomic mass is 10.5. The van der Waals surface area contributed by atoms with E-state index in [-0.39, 0.29) is 5.78 Å². The largest absolute Gasteiger partial charge is 0.299 e. The van der Waals surface area contributed by atoms with Gasteiger partial charge in [0.2, 0.25) is 0 Å². The van der Waals surface area contributed by atoms with Gasteiger partial charge in [0, 0.05) is 5.75 Å². The second-order valence-corrected chi connectivity index (χ2v) is 1.14. The molecule has 0 aromatic rings. The van der Waals surface area contributed by atoms with Crippen LogP contribution < -0.4 is 0 Å². The fourth-order valence-electron chi connectivity index (χ4n) is 0. The fraction of sp³-hybridized carbons (Fsp3) is 0.667. The van der Waals surface area contributed by atoms with Gasteiger partial charge in [-0.25, -0.2) is 0 Å². The molecule has 0 amide bonds. The van der Waals surface area contributed by atoms with E-state index < -0.39 is 0 Å². The van der Waals surface area contributed by atoms with E-state index in [1.807, 2.05) is 0 Å². The Morgan fingerprint density at radius 1 is 2.40 bits per heavy atom. The van der Waals surface area contributed by atoms with Crippen molar-refractivity contribution >= 4 is 18.3 Å². The Labute approximate surface area is 37.9 Å². The van der Waals surface area contributed by atoms with E-state index in [4.69, 9.17) is 1.12 Å². The summed E-state index contributed by atoms with van der Waals surface area (Å²) in [6.07, 6.45) is 0. The molecule has 30 valence electrons. The van der Waals surface area contributed by atoms with Crippen LogP contribution in [0.2, 0.25) is 0 Å². The summed E-state index contributed by atoms with van der Waals surface area (Å²) in [5.74, 6) is 0.384. The van der Waals surface area contributed by atoms with E-state index in [9.17, 15) is 4.79 Å². The van der Waals surface area contributed by atoms with Crippen LogP contribution in [0.1, 0.15) is 6.92 Å². The molecule has 0 aliphatic carbocycles. The lowest BCUT2D eigenvalue weighted by Gasteiger charge is -1.71. The molecule has 0 aromatic carbocycles. The molecule has 0 N–H and O–H groups in total. The predicted octanol–water partition coefficient (Wildman–Crippen LogP) is 0.505. The van der Waals surface area contributed by atoms with E-state index >= 15 is 0 Å². The van der Waals surface area contributed by atoms with Crippen molar-refractivity contribution in [1.82, 2.24) is 0 Å². The van der Waals surface area contributed by atoms with Crippen LogP contribution in [0.5, 0.6) is 0 Å². The Balaban J connectivity index is 2.83. The molecule has 0 spiro atoms. The quantitative estimate of drug-likeness (QED) is 0.491. The van der Waals surface area contributed by atoms with Crippen LogP contribution in [0.25, 0.3) is 0 Å². The van der Waals surface area contributed by atoms with Gasteiger partial charge in [-0.1, -0.05) is 0 Å². The zero-order valence-electron chi connectivity index (χ0n) is 4.02. The highest BCUT2D eigenvalue weighted by Gasteiger charge is 1.77. The lowest BCUT2D eigenvalue weighted by Crippen LogP contribution is -1.86. The summed E-state index contributed by atoms with van der Waals surface area (Å²) in [7, 11) is 0. The van der Waals surface area contributed by atoms with Gasteiger partial charge in [0.05, 0.1) is 0 Å². The number of carbonyl (C=O) groups is 1. The van der Waals surface area contributed by atoms with Crippen LogP contribution in [0, 0.1) is 0 Å². The van der Waals surface area contributed by atoms with Crippen molar-refractivity contribution in [2.45, 2.75) is 6.92 Å². The summed E-state index contributed by atoms with van der Waals surface area (Å²) in [6, 6.07) is 0. The summed E-state index contributed by atoms with van der Waals surface area (Å²) in [4.78, 5) is 9.90. The molecule has 0 aliphatic rings. The van der Waals surface area contributed by atoms with Gasteiger partial charge in [-0.05, 0) is 6.92 Å². The van der Waals surface area contributed by atoms with Crippen LogP contribution in [-0.4, -0.2) is 12.7 Å². The van der Waals surface area contributed by atoms with Crippen molar-refractivity contribution in [2.75, 3.05) is 5.75 Å². The minimum atomic E-state index is 0.0648. The summed E-state index contributed by atoms with van der Waals surface area (Å²) in [6.45, 7) is 1.47. The normalized spacial score (nSPS) is 10.2. The molecule has 0 aromatic heterocycles. The summed E-state index contributed by atoms with van der Waals surface area (Å²) in [5, 5.41) is 0. The number of ketones is 1. The van der Waals surface area contributed by atoms with Gasteiger partial charge in [0.25, 0.3) is 0 Å². The minimum Gasteiger partial charge on any atom is -0.299 e. The third kappa shape index (κ3) is 4.02. The molecule has 1 nitrogen and oxygen atoms in total. The number of hydrogen-bond acceptors (Lipinski definition) is 2. The Kier molecular flexibility index (Phi) is 1.46. The summed E-state index contributed by atoms with van der Waals surface area (Å²) >= 11 is 0.810. The predicted molar refractivity (Wildman–Crippen MR) is 24.5 cm³/mol. The Bertz CT molecular complexity index is 54.8. The van der Waals surface area contributed by atoms with Gasteiger partial charge in [-0.2, -0.15) is 12.5 Å². The maximum atomic E-state index is 9.90. The molecule has 0 unspecified atom stereocenters. The van der Waals surface area contributed by atoms with Gasteiger partial charge >= 0.3 is 0 Å². The number of thiol groups is 1. The van der Waals surface area contributed by atoms with Crippen LogP contribution in [0.4, 0.5) is 0 Å². The zero-order valence-corrected chi connectivity index (χ0v) is 3.84. The van der Waals surface area contributed by atoms with E-state index in [1.165, 1.54) is 6.92 Å². The second-order valence-electron chi connectivity index (χ2n) is 0.846. The molecule has 0 radical (unpaired) electrons. The van der Waals surface area contributed by atoms with Crippen LogP contribution in [0.3, 0.4) is 0 Å². The molecule has 0 heterocycles. The summed E-state index contributed by atoms with van der Waals surface area (Å²) < 4.78 is 6.43. The number of Topliss-reactive ketones (excluding diaryl/α,β-unsaturated/α-hetero) is 1. The molecule has 0 saturated heterocycles. The first-order chi connectivity index (χ1) is 2.77. The molecule has 2 heteroatoms. The van der Waals surface area contributed by atoms with Gasteiger partial charge in [0.1, 0.15) is 6.91 Å². The van der Waals surface area contributed by atoms with Crippen molar-refractivity contribution < 1.29 is 4.79 Å². The molecule has 5 heavy (non-hydrogen) atoms. The maximum Gasteiger partial charge on any atom is 0.139 e. The molecular formula is C3H6OS. The second kappa shape index (κ2) is 2.27. The van der Waals surface area contributed by atoms with Crippen LogP contribution in [0.15, 0.2) is 0 Å². The average Bonchev–Trinajstić information content (AvgIpc) is 1.35. The zero-order chi connectivity index (χ0) is 4.99. The first kappa shape index (κ1) is 3.22. The molecule has 0 saturated carbocycles. The summed E-state index contributed by atoms with van der Waals surface area (Å²) in [5.41, 5.74) is 0. The highest BCUT2D eigenvalue weighted by molar-refractivity contribution is 7.81. The minimum absolute atomic E-state index is 0.0648. The third-order valence-electron chi connectivity index (χ3n) is 0.203. The third-order valence-corrected chi connectivity index (χ3v) is 0.610. The molecule has 0 aliphatic heterocycles. The SMILES string of the molecule is [3H]SCC(C)=O. The first-order valence-electron chi connectivity index (χ1n) is 1.75. The van der Waals surface area contributed by atoms with Crippen molar-refractivity contribution in [3.63, 3.8) is 0 Å². The molecule has 0 rings (SSSR count). The first-order valence-corrected chi connectivity index (χ1v) is 1.92. The van der Waals surface area contributed by atoms with Gasteiger partial charge in [0.15, 0.2) is 0 Å². The van der Waals surface area contributed by atoms with Crippen molar-refractivity contribution in [1.29, 1.82) is 1.12 Å². The van der Waals surface area contributed by atoms with Gasteiger partial charge < -0.3 is 0 Å². The van der Waals surface area contributed by atoms with Gasteiger partial charge in [-0.3, -0.25) is 4.79 Å². The van der Waals surface area contributed by atoms with E-state index in [0.717, 1.165) is 12.5 Å². The van der Waals surface area contributed by atoms with Crippen molar-refractivity contribution in [3.8, 4) is 0 Å². The monoisotopic (exact) mass is 92.0 g/mol. The fourth-order valence-corrected chi connectivity index (χ4v) is 0. The van der Waals surface area contributed by atoms with E-state index in [1.54, 1.807) is 0 Å². The number of carbonyl (C=O) groups excluding carboxylic acids is 1. The Morgan fingerprint density at radius 2 is 3.00 bits per heavy atom. The smallest absolute Gasteiger partial charge is 0.139 e. The van der Waals surface area contributed by atoms with Crippen molar-refractivity contribution in [3.05, 3.63) is 0 Å². The highest BCUT2D eigenvalue weighted by atomic mass is 32.1. The van der Waals surface area contributed by atoms with Crippen LogP contribution >= 0.6 is 12.5 Å². The van der Waals surface area contributed by atoms with E-state index in [0.29, 0.717) is 5.75 Å². The van der Waals surface area contributed by atoms with Crippen LogP contribution in [-0.2, 0) is 4.79 Å². The Hall–Kier alpha value is 0.0200. The Morgan fingerprint density at radius 3 is 3.00 bits per heavy atom. The number of hydrogen-bond donors (Lipinski definition) is 1. The standard InChI is InChI=1S/C3H6OS/c1-3(4)2-5/h5H,2H2,1H3/i/hT. The topological polar surface area (TPSA) is 17.1 Å². The lowest BCUT2D eigenvalue weighted by molar-refractivity contribution is -0.114. The molecular weight excluding hydrogens is 84.1 g/mol. The molecule has 0 fully saturated rings. The highest BCUT2D eigenvalue weighted by Crippen LogP contribution is 1.70.